The van der Waals surface area contributed by atoms with E-state index in [1.54, 1.807) is 55.0 Å². The molecule has 98 heavy (non-hydrogen) atoms. The number of aliphatic hydroxyl groups is 3. The van der Waals surface area contributed by atoms with E-state index in [9.17, 15) is 42.9 Å². The number of halogens is 6. The zero-order chi connectivity index (χ0) is 69.9. The first-order chi connectivity index (χ1) is 47.0. The molecule has 6 aromatic carbocycles. The smallest absolute Gasteiger partial charge is 0.448 e. The molecule has 0 aliphatic carbocycles. The summed E-state index contributed by atoms with van der Waals surface area (Å²) in [6.45, 7) is -5.05. The van der Waals surface area contributed by atoms with Gasteiger partial charge in [0.05, 0.1) is 38.1 Å². The minimum Gasteiger partial charge on any atom is -0.448 e. The van der Waals surface area contributed by atoms with E-state index in [-0.39, 0.29) is 53.8 Å². The van der Waals surface area contributed by atoms with Crippen molar-refractivity contribution in [1.82, 2.24) is 29.7 Å². The first kappa shape index (κ1) is 73.1. The molecule has 0 aliphatic rings. The van der Waals surface area contributed by atoms with Gasteiger partial charge in [-0.2, -0.15) is 0 Å². The van der Waals surface area contributed by atoms with Gasteiger partial charge in [-0.05, 0) is 93.0 Å². The highest BCUT2D eigenvalue weighted by atomic mass is 31.2. The van der Waals surface area contributed by atoms with Crippen molar-refractivity contribution in [2.24, 2.45) is 0 Å². The molecule has 22 nitrogen and oxygen atoms in total. The Bertz CT molecular complexity index is 3830. The van der Waals surface area contributed by atoms with Gasteiger partial charge in [-0.1, -0.05) is 109 Å². The van der Waals surface area contributed by atoms with Crippen LogP contribution in [0.15, 0.2) is 164 Å². The van der Waals surface area contributed by atoms with Crippen molar-refractivity contribution in [1.29, 1.82) is 0 Å². The van der Waals surface area contributed by atoms with Crippen LogP contribution in [0.1, 0.15) is 36.0 Å². The van der Waals surface area contributed by atoms with Crippen LogP contribution in [0.3, 0.4) is 0 Å². The largest absolute Gasteiger partial charge is 0.475 e. The normalized spacial score (nSPS) is 13.7. The maximum absolute atomic E-state index is 15.1. The van der Waals surface area contributed by atoms with Crippen molar-refractivity contribution in [2.45, 2.75) is 75.3 Å². The van der Waals surface area contributed by atoms with E-state index in [1.165, 1.54) is 72.2 Å². The number of phosphoric ester groups is 1. The topological polar surface area (TPSA) is 269 Å². The number of rotatable bonds is 33. The highest BCUT2D eigenvalue weighted by Gasteiger charge is 2.34. The summed E-state index contributed by atoms with van der Waals surface area (Å²) in [4.78, 5) is 56.9. The monoisotopic (exact) mass is 1380 g/mol. The molecule has 0 bridgehead atoms. The highest BCUT2D eigenvalue weighted by molar-refractivity contribution is 7.48. The summed E-state index contributed by atoms with van der Waals surface area (Å²) in [5.74, 6) is -6.44. The van der Waals surface area contributed by atoms with Crippen molar-refractivity contribution in [2.75, 3.05) is 76.7 Å². The molecular formula is C69H72F6N9O13P. The molecular weight excluding hydrogens is 1310 g/mol. The number of nitrogens with zero attached hydrogens (tertiary/aromatic N) is 6. The van der Waals surface area contributed by atoms with E-state index >= 15 is 17.7 Å². The number of amides is 3. The van der Waals surface area contributed by atoms with Crippen LogP contribution in [0.5, 0.6) is 0 Å². The van der Waals surface area contributed by atoms with E-state index in [1.807, 2.05) is 54.6 Å². The summed E-state index contributed by atoms with van der Waals surface area (Å²) in [6.07, 6.45) is -4.49. The molecule has 518 valence electrons. The number of carbonyl (C=O) groups excluding carboxylic acids is 3. The lowest BCUT2D eigenvalue weighted by atomic mass is 10.1. The van der Waals surface area contributed by atoms with Gasteiger partial charge in [0.1, 0.15) is 37.3 Å². The summed E-state index contributed by atoms with van der Waals surface area (Å²) in [7, 11) is -0.712. The number of hydrogen-bond donors (Lipinski definition) is 6. The predicted molar refractivity (Wildman–Crippen MR) is 352 cm³/mol. The van der Waals surface area contributed by atoms with Gasteiger partial charge in [-0.3, -0.25) is 44.2 Å². The SMILES string of the molecule is CN(Cc1cccc(F)c1F)[C@H](COC(=O)Nc1cc2ccccc2cn1)C[C@@H](O)COP(=O)(OC[C@H](O)C[C@@H](COC(=O)Nc1cc2ccccc2cn1)N(C)Cc1cccc(F)c1F)OC[C@H](O)C[C@@H](COC(=O)Nc1cc2ccccc2cn1)N(C)Cc1cccc(F)c1F. The van der Waals surface area contributed by atoms with Crippen LogP contribution >= 0.6 is 7.82 Å². The Labute approximate surface area is 559 Å². The number of benzene rings is 6. The van der Waals surface area contributed by atoms with Crippen LogP contribution in [0.2, 0.25) is 0 Å². The standard InChI is InChI=1S/C69H72F6N9O13P/c1-82(34-49-19-10-22-58(70)64(49)73)52(37-92-67(88)79-61-25-43-13-4-7-16-46(43)31-76-61)28-55(85)40-95-98(91,96-41-56(86)29-53(83(2)35-50-20-11-23-59(71)65(50)74)38-93-68(89)80-62-26-44-14-5-8-17-47(44)32-77-62)97-42-57(87)30-54(84(3)36-51-21-12-24-60(72)66(51)75)39-94-69(90)81-63-27-45-15-6-9-18-48(45)33-78-63/h4-27,31-33,52-57,85-87H,28-30,34-42H2,1-3H3,(H,76,79,88)(H,77,80,89)(H,78,81,90)/t52-,53-,54-,55+,56+,57+/m0/s1. The summed E-state index contributed by atoms with van der Waals surface area (Å²) in [6, 6.07) is 34.2. The average molecular weight is 1380 g/mol. The molecule has 0 aliphatic heterocycles. The van der Waals surface area contributed by atoms with E-state index in [0.717, 1.165) is 50.5 Å². The van der Waals surface area contributed by atoms with Crippen molar-refractivity contribution >= 4 is 75.9 Å². The zero-order valence-corrected chi connectivity index (χ0v) is 54.3. The number of aliphatic hydroxyl groups excluding tert-OH is 3. The zero-order valence-electron chi connectivity index (χ0n) is 53.4. The van der Waals surface area contributed by atoms with E-state index < -0.39 is 156 Å². The van der Waals surface area contributed by atoms with Crippen LogP contribution in [0, 0.1) is 34.9 Å². The molecule has 0 saturated heterocycles. The first-order valence-corrected chi connectivity index (χ1v) is 32.3. The fraction of sp³-hybridized carbons (Fsp3) is 0.304. The Kier molecular flexibility index (Phi) is 26.0. The van der Waals surface area contributed by atoms with Gasteiger partial charge in [0.2, 0.25) is 0 Å². The Morgan fingerprint density at radius 3 is 0.949 bits per heavy atom. The van der Waals surface area contributed by atoms with E-state index in [0.29, 0.717) is 0 Å². The minimum atomic E-state index is -5.15. The van der Waals surface area contributed by atoms with Gasteiger partial charge in [-0.25, -0.2) is 60.2 Å². The Morgan fingerprint density at radius 2 is 0.673 bits per heavy atom. The number of ether oxygens (including phenoxy) is 3. The molecule has 9 rings (SSSR count). The van der Waals surface area contributed by atoms with Crippen LogP contribution in [-0.2, 0) is 52.0 Å². The van der Waals surface area contributed by atoms with Gasteiger partial charge in [-0.15, -0.1) is 0 Å². The van der Waals surface area contributed by atoms with Crippen LogP contribution < -0.4 is 16.0 Å². The number of nitrogens with one attached hydrogen (secondary N) is 3. The number of fused-ring (bicyclic) bond motifs is 3. The van der Waals surface area contributed by atoms with Gasteiger partial charge >= 0.3 is 26.1 Å². The average Bonchev–Trinajstić information content (AvgIpc) is 0.945. The molecule has 3 amide bonds. The first-order valence-electron chi connectivity index (χ1n) is 30.9. The van der Waals surface area contributed by atoms with Crippen molar-refractivity contribution in [3.63, 3.8) is 0 Å². The van der Waals surface area contributed by atoms with Crippen molar-refractivity contribution < 1.29 is 88.4 Å². The molecule has 0 fully saturated rings. The molecule has 0 radical (unpaired) electrons. The third-order valence-electron chi connectivity index (χ3n) is 15.9. The summed E-state index contributed by atoms with van der Waals surface area (Å²) in [5, 5.41) is 47.4. The second kappa shape index (κ2) is 34.8. The number of aromatic nitrogens is 3. The summed E-state index contributed by atoms with van der Waals surface area (Å²) < 4.78 is 138. The van der Waals surface area contributed by atoms with Gasteiger partial charge in [0, 0.05) is 89.2 Å². The number of pyridine rings is 3. The number of carbonyl (C=O) groups is 3. The second-order valence-corrected chi connectivity index (χ2v) is 24.9. The molecule has 6 atom stereocenters. The quantitative estimate of drug-likeness (QED) is 0.0127. The number of likely N-dealkylation sites (N-methyl/N-ethyl adjacent to an activating group) is 3. The Hall–Kier alpha value is -9.19. The summed E-state index contributed by atoms with van der Waals surface area (Å²) in [5.41, 5.74) is -0.286. The molecule has 6 N–H and O–H groups in total. The Morgan fingerprint density at radius 1 is 0.408 bits per heavy atom. The molecule has 3 heterocycles. The van der Waals surface area contributed by atoms with Crippen molar-refractivity contribution in [3.8, 4) is 0 Å². The lowest BCUT2D eigenvalue weighted by molar-refractivity contribution is -0.00446. The van der Waals surface area contributed by atoms with Crippen molar-refractivity contribution in [3.05, 3.63) is 216 Å². The fourth-order valence-corrected chi connectivity index (χ4v) is 11.8. The number of phosphoric acid groups is 1. The van der Waals surface area contributed by atoms with Gasteiger partial charge in [0.15, 0.2) is 34.9 Å². The third kappa shape index (κ3) is 21.2. The van der Waals surface area contributed by atoms with Crippen LogP contribution in [0.25, 0.3) is 32.3 Å². The molecule has 0 saturated carbocycles. The van der Waals surface area contributed by atoms with Gasteiger partial charge in [0.25, 0.3) is 0 Å². The molecule has 0 spiro atoms. The fourth-order valence-electron chi connectivity index (χ4n) is 10.5. The predicted octanol–water partition coefficient (Wildman–Crippen LogP) is 12.1. The molecule has 9 aromatic rings. The van der Waals surface area contributed by atoms with Gasteiger partial charge < -0.3 is 29.5 Å². The second-order valence-electron chi connectivity index (χ2n) is 23.3. The lowest BCUT2D eigenvalue weighted by Crippen LogP contribution is -2.40. The van der Waals surface area contributed by atoms with Crippen LogP contribution in [0.4, 0.5) is 58.2 Å². The summed E-state index contributed by atoms with van der Waals surface area (Å²) >= 11 is 0. The highest BCUT2D eigenvalue weighted by Crippen LogP contribution is 2.50. The van der Waals surface area contributed by atoms with E-state index in [2.05, 4.69) is 30.9 Å². The molecule has 0 unspecified atom stereocenters. The minimum absolute atomic E-state index is 0.0955. The number of hydrogen-bond acceptors (Lipinski definition) is 19. The lowest BCUT2D eigenvalue weighted by Gasteiger charge is -2.31. The Balaban J connectivity index is 0.923. The molecule has 29 heteroatoms. The van der Waals surface area contributed by atoms with E-state index in [4.69, 9.17) is 27.8 Å². The maximum Gasteiger partial charge on any atom is 0.475 e. The number of anilines is 3. The maximum atomic E-state index is 15.1. The van der Waals surface area contributed by atoms with Crippen LogP contribution in [-0.4, -0.2) is 160 Å². The third-order valence-corrected chi connectivity index (χ3v) is 17.3. The molecule has 3 aromatic heterocycles.